The maximum Gasteiger partial charge on any atom is 1.00 e. The van der Waals surface area contributed by atoms with Gasteiger partial charge in [0.05, 0.1) is 0 Å². The number of nitriles is 1. The number of aromatic hydroxyl groups is 2. The minimum Gasteiger partial charge on any atom is -0.696 e. The van der Waals surface area contributed by atoms with E-state index >= 15 is 0 Å². The van der Waals surface area contributed by atoms with Gasteiger partial charge in [0.25, 0.3) is 0 Å². The van der Waals surface area contributed by atoms with Crippen molar-refractivity contribution in [2.24, 2.45) is 0 Å². The molecule has 0 bridgehead atoms. The van der Waals surface area contributed by atoms with E-state index in [4.69, 9.17) is 15.5 Å². The van der Waals surface area contributed by atoms with Crippen molar-refractivity contribution in [1.29, 1.82) is 5.26 Å². The minimum atomic E-state index is -0.0764. The molecule has 0 saturated carbocycles. The summed E-state index contributed by atoms with van der Waals surface area (Å²) in [6.07, 6.45) is 0. The van der Waals surface area contributed by atoms with Crippen molar-refractivity contribution in [3.63, 3.8) is 0 Å². The van der Waals surface area contributed by atoms with Gasteiger partial charge < -0.3 is 22.8 Å². The average Bonchev–Trinajstić information content (AvgIpc) is 1.97. The number of nitrogens with zero attached hydrogens (tertiary/aromatic N) is 1. The van der Waals surface area contributed by atoms with Crippen LogP contribution in [-0.4, -0.2) is 10.2 Å². The van der Waals surface area contributed by atoms with Crippen LogP contribution in [0.3, 0.4) is 0 Å². The predicted molar refractivity (Wildman–Crippen MR) is 42.7 cm³/mol. The third kappa shape index (κ3) is 6.25. The van der Waals surface area contributed by atoms with E-state index in [1.54, 1.807) is 12.1 Å². The third-order valence-electron chi connectivity index (χ3n) is 0.882. The molecule has 1 aromatic carbocycles. The summed E-state index contributed by atoms with van der Waals surface area (Å²) in [5, 5.41) is 25.8. The number of hydrogen-bond acceptors (Lipinski definition) is 4. The average molecular weight is 191 g/mol. The van der Waals surface area contributed by atoms with E-state index in [9.17, 15) is 0 Å². The summed E-state index contributed by atoms with van der Waals surface area (Å²) in [5.41, 5.74) is 0. The second-order valence-corrected chi connectivity index (χ2v) is 1.76. The Kier molecular flexibility index (Phi) is 10.1. The largest absolute Gasteiger partial charge is 1.00 e. The van der Waals surface area contributed by atoms with Crippen LogP contribution in [0.5, 0.6) is 11.5 Å². The molecule has 3 nitrogen and oxygen atoms in total. The maximum absolute atomic E-state index is 8.67. The molecule has 0 radical (unpaired) electrons. The van der Waals surface area contributed by atoms with Crippen molar-refractivity contribution >= 4 is 12.6 Å². The van der Waals surface area contributed by atoms with Crippen LogP contribution in [0.15, 0.2) is 24.3 Å². The SMILES string of the molecule is N#C[S-].Oc1ccccc1O.[Na+]. The molecule has 0 aliphatic rings. The quantitative estimate of drug-likeness (QED) is 0.218. The van der Waals surface area contributed by atoms with Crippen molar-refractivity contribution in [2.75, 3.05) is 0 Å². The first-order valence-corrected chi connectivity index (χ1v) is 3.11. The second-order valence-electron chi connectivity index (χ2n) is 1.58. The van der Waals surface area contributed by atoms with Crippen LogP contribution in [-0.2, 0) is 12.6 Å². The number of hydrogen-bond donors (Lipinski definition) is 2. The third-order valence-corrected chi connectivity index (χ3v) is 0.882. The van der Waals surface area contributed by atoms with E-state index in [-0.39, 0.29) is 41.1 Å². The van der Waals surface area contributed by atoms with Crippen molar-refractivity contribution in [2.45, 2.75) is 0 Å². The first kappa shape index (κ1) is 14.1. The van der Waals surface area contributed by atoms with Gasteiger partial charge in [-0.3, -0.25) is 0 Å². The van der Waals surface area contributed by atoms with E-state index in [1.807, 2.05) is 0 Å². The molecule has 2 N–H and O–H groups in total. The van der Waals surface area contributed by atoms with E-state index < -0.39 is 0 Å². The Labute approximate surface area is 98.4 Å². The molecular formula is C7H6NNaO2S. The summed E-state index contributed by atoms with van der Waals surface area (Å²) >= 11 is 3.70. The summed E-state index contributed by atoms with van der Waals surface area (Å²) in [6.45, 7) is 0. The van der Waals surface area contributed by atoms with Gasteiger partial charge in [0, 0.05) is 0 Å². The number of benzene rings is 1. The first-order chi connectivity index (χ1) is 5.22. The van der Waals surface area contributed by atoms with Gasteiger partial charge in [0.15, 0.2) is 11.5 Å². The van der Waals surface area contributed by atoms with Gasteiger partial charge in [0.1, 0.15) is 0 Å². The first-order valence-electron chi connectivity index (χ1n) is 2.70. The molecule has 0 spiro atoms. The molecule has 0 aliphatic carbocycles. The van der Waals surface area contributed by atoms with Crippen molar-refractivity contribution in [3.05, 3.63) is 24.3 Å². The van der Waals surface area contributed by atoms with E-state index in [0.717, 1.165) is 0 Å². The van der Waals surface area contributed by atoms with E-state index in [1.165, 1.54) is 17.5 Å². The normalized spacial score (nSPS) is 6.58. The van der Waals surface area contributed by atoms with E-state index in [0.29, 0.717) is 0 Å². The van der Waals surface area contributed by atoms with Gasteiger partial charge in [-0.1, -0.05) is 17.5 Å². The standard InChI is InChI=1S/C6H6O2.CHNS.Na/c7-5-3-1-2-4-6(5)8;2-1-3;/h1-4,7-8H;3H;/q;;+1/p-1. The van der Waals surface area contributed by atoms with Crippen LogP contribution in [0, 0.1) is 10.7 Å². The molecular weight excluding hydrogens is 185 g/mol. The molecule has 0 saturated heterocycles. The number of phenols is 2. The zero-order valence-electron chi connectivity index (χ0n) is 6.56. The molecule has 1 rings (SSSR count). The number of rotatable bonds is 0. The molecule has 12 heavy (non-hydrogen) atoms. The number of para-hydroxylation sites is 2. The fourth-order valence-corrected chi connectivity index (χ4v) is 0.464. The summed E-state index contributed by atoms with van der Waals surface area (Å²) in [5.74, 6) is -0.153. The summed E-state index contributed by atoms with van der Waals surface area (Å²) in [6, 6.07) is 6.15. The molecule has 0 aliphatic heterocycles. The van der Waals surface area contributed by atoms with Crippen molar-refractivity contribution < 1.29 is 39.8 Å². The molecule has 0 fully saturated rings. The molecule has 0 heterocycles. The predicted octanol–water partition coefficient (Wildman–Crippen LogP) is -1.88. The molecule has 0 amide bonds. The smallest absolute Gasteiger partial charge is 0.696 e. The number of thiocyanates is 1. The van der Waals surface area contributed by atoms with Crippen molar-refractivity contribution in [3.8, 4) is 16.9 Å². The topological polar surface area (TPSA) is 64.2 Å². The Morgan fingerprint density at radius 1 is 1.17 bits per heavy atom. The Hall–Kier alpha value is -0.470. The van der Waals surface area contributed by atoms with Gasteiger partial charge in [-0.25, -0.2) is 5.26 Å². The number of phenolic OH excluding ortho intramolecular Hbond substituents is 2. The second kappa shape index (κ2) is 8.62. The van der Waals surface area contributed by atoms with Crippen molar-refractivity contribution in [1.82, 2.24) is 0 Å². The monoisotopic (exact) mass is 191 g/mol. The van der Waals surface area contributed by atoms with Crippen LogP contribution in [0.25, 0.3) is 0 Å². The molecule has 1 aromatic rings. The molecule has 0 unspecified atom stereocenters. The molecule has 58 valence electrons. The van der Waals surface area contributed by atoms with Crippen LogP contribution < -0.4 is 29.6 Å². The van der Waals surface area contributed by atoms with Crippen LogP contribution in [0.2, 0.25) is 0 Å². The molecule has 5 heteroatoms. The van der Waals surface area contributed by atoms with E-state index in [2.05, 4.69) is 12.6 Å². The summed E-state index contributed by atoms with van der Waals surface area (Å²) in [7, 11) is 0. The Morgan fingerprint density at radius 2 is 1.42 bits per heavy atom. The zero-order valence-corrected chi connectivity index (χ0v) is 9.38. The fraction of sp³-hybridized carbons (Fsp3) is 0. The Bertz CT molecular complexity index is 241. The van der Waals surface area contributed by atoms with Gasteiger partial charge in [-0.15, -0.1) is 0 Å². The summed E-state index contributed by atoms with van der Waals surface area (Å²) < 4.78 is 0. The zero-order chi connectivity index (χ0) is 8.69. The van der Waals surface area contributed by atoms with Crippen LogP contribution in [0.1, 0.15) is 0 Å². The molecule has 0 atom stereocenters. The maximum atomic E-state index is 8.67. The van der Waals surface area contributed by atoms with Gasteiger partial charge >= 0.3 is 29.6 Å². The van der Waals surface area contributed by atoms with Gasteiger partial charge in [0.2, 0.25) is 0 Å². The summed E-state index contributed by atoms with van der Waals surface area (Å²) in [4.78, 5) is 0. The Morgan fingerprint density at radius 3 is 1.58 bits per heavy atom. The van der Waals surface area contributed by atoms with Gasteiger partial charge in [-0.2, -0.15) is 0 Å². The van der Waals surface area contributed by atoms with Gasteiger partial charge in [-0.05, 0) is 12.1 Å². The molecule has 0 aromatic heterocycles. The fourth-order valence-electron chi connectivity index (χ4n) is 0.464. The van der Waals surface area contributed by atoms with Crippen LogP contribution >= 0.6 is 0 Å². The van der Waals surface area contributed by atoms with Crippen LogP contribution in [0.4, 0.5) is 0 Å². The minimum absolute atomic E-state index is 0. The Balaban J connectivity index is 0.